The minimum Gasteiger partial charge on any atom is -0.412 e. The molecule has 0 radical (unpaired) electrons. The molecule has 4 heteroatoms. The van der Waals surface area contributed by atoms with Crippen molar-refractivity contribution in [2.24, 2.45) is 0 Å². The van der Waals surface area contributed by atoms with Crippen LogP contribution in [0.5, 0.6) is 0 Å². The maximum Gasteiger partial charge on any atom is 0 e. The van der Waals surface area contributed by atoms with Gasteiger partial charge < -0.3 is 11.6 Å². The minimum absolute atomic E-state index is 0. The van der Waals surface area contributed by atoms with E-state index in [4.69, 9.17) is 0 Å². The Morgan fingerprint density at radius 1 is 1.00 bits per heavy atom. The van der Waals surface area contributed by atoms with Gasteiger partial charge in [-0.3, -0.25) is 0 Å². The van der Waals surface area contributed by atoms with Crippen molar-refractivity contribution in [3.63, 3.8) is 0 Å². The molecule has 0 aromatic heterocycles. The maximum absolute atomic E-state index is 0. The van der Waals surface area contributed by atoms with Crippen LogP contribution in [0, 0.1) is 0 Å². The van der Waals surface area contributed by atoms with Gasteiger partial charge in [-0.1, -0.05) is 0 Å². The summed E-state index contributed by atoms with van der Waals surface area (Å²) in [5, 5.41) is 0. The van der Waals surface area contributed by atoms with E-state index in [1.807, 2.05) is 0 Å². The summed E-state index contributed by atoms with van der Waals surface area (Å²) >= 11 is 0. The van der Waals surface area contributed by atoms with Gasteiger partial charge in [0.2, 0.25) is 0 Å². The van der Waals surface area contributed by atoms with Gasteiger partial charge in [0.1, 0.15) is 0 Å². The standard InChI is InChI=1S/Cr.H3N.H2O.H4Si/h;1H3;1H2;1H4. The maximum atomic E-state index is 0. The van der Waals surface area contributed by atoms with Gasteiger partial charge in [0.15, 0.2) is 0 Å². The Kier molecular flexibility index (Phi) is 2050. The van der Waals surface area contributed by atoms with Crippen LogP contribution in [0.4, 0.5) is 0 Å². The monoisotopic (exact) mass is 119 g/mol. The van der Waals surface area contributed by atoms with Crippen LogP contribution in [-0.4, -0.2) is 16.4 Å². The molecule has 2 nitrogen and oxygen atoms in total. The Labute approximate surface area is 40.6 Å². The van der Waals surface area contributed by atoms with Crippen LogP contribution < -0.4 is 6.15 Å². The average Bonchev–Trinajstić information content (AvgIpc) is 0. The molecule has 0 fully saturated rings. The topological polar surface area (TPSA) is 66.5 Å². The number of rotatable bonds is 0. The molecule has 0 aliphatic carbocycles. The van der Waals surface area contributed by atoms with Crippen molar-refractivity contribution in [3.05, 3.63) is 0 Å². The summed E-state index contributed by atoms with van der Waals surface area (Å²) in [6.45, 7) is 0. The van der Waals surface area contributed by atoms with Crippen LogP contribution in [0.25, 0.3) is 0 Å². The normalized spacial score (nSPS) is 0. The summed E-state index contributed by atoms with van der Waals surface area (Å²) in [7, 11) is 0. The molecule has 30 valence electrons. The van der Waals surface area contributed by atoms with Gasteiger partial charge in [-0.15, -0.1) is 0 Å². The molecule has 0 saturated heterocycles. The molecule has 0 atom stereocenters. The molecule has 0 unspecified atom stereocenters. The van der Waals surface area contributed by atoms with E-state index in [0.29, 0.717) is 0 Å². The van der Waals surface area contributed by atoms with Gasteiger partial charge in [-0.2, -0.15) is 0 Å². The van der Waals surface area contributed by atoms with E-state index >= 15 is 0 Å². The van der Waals surface area contributed by atoms with Crippen LogP contribution >= 0.6 is 0 Å². The third kappa shape index (κ3) is 16.6. The summed E-state index contributed by atoms with van der Waals surface area (Å²) in [6, 6.07) is 0. The van der Waals surface area contributed by atoms with Gasteiger partial charge in [-0.25, -0.2) is 0 Å². The van der Waals surface area contributed by atoms with Crippen molar-refractivity contribution in [2.75, 3.05) is 0 Å². The molecular weight excluding hydrogens is 110 g/mol. The van der Waals surface area contributed by atoms with E-state index in [-0.39, 0.29) is 40.0 Å². The smallest absolute Gasteiger partial charge is 0 e. The van der Waals surface area contributed by atoms with Crippen molar-refractivity contribution < 1.29 is 22.8 Å². The second-order valence-corrected chi connectivity index (χ2v) is 0. The number of hydrogen-bond donors (Lipinski definition) is 1. The van der Waals surface area contributed by atoms with Gasteiger partial charge in [0.25, 0.3) is 0 Å². The minimum atomic E-state index is 0. The first kappa shape index (κ1) is 140. The molecule has 0 heterocycles. The fraction of sp³-hybridized carbons (Fsp3) is 0. The summed E-state index contributed by atoms with van der Waals surface area (Å²) in [5.41, 5.74) is 0. The molecular formula is H9CrNOSi. The second kappa shape index (κ2) is 58.4. The van der Waals surface area contributed by atoms with E-state index in [1.165, 1.54) is 0 Å². The van der Waals surface area contributed by atoms with Crippen LogP contribution in [-0.2, 0) is 17.4 Å². The summed E-state index contributed by atoms with van der Waals surface area (Å²) in [5.74, 6) is 0. The van der Waals surface area contributed by atoms with Gasteiger partial charge in [-0.05, 0) is 11.0 Å². The summed E-state index contributed by atoms with van der Waals surface area (Å²) < 4.78 is 0. The first-order chi connectivity index (χ1) is 0. The third-order valence-electron chi connectivity index (χ3n) is 0. The van der Waals surface area contributed by atoms with Crippen LogP contribution in [0.15, 0.2) is 0 Å². The van der Waals surface area contributed by atoms with Crippen molar-refractivity contribution in [2.45, 2.75) is 0 Å². The predicted octanol–water partition coefficient (Wildman–Crippen LogP) is -2.12. The molecule has 0 aliphatic heterocycles. The largest absolute Gasteiger partial charge is 0.412 e. The first-order valence-corrected chi connectivity index (χ1v) is 0. The van der Waals surface area contributed by atoms with E-state index < -0.39 is 0 Å². The molecule has 0 bridgehead atoms. The molecule has 0 aliphatic rings. The van der Waals surface area contributed by atoms with E-state index in [1.54, 1.807) is 0 Å². The Balaban J connectivity index is 0. The first-order valence-electron chi connectivity index (χ1n) is 0. The Bertz CT molecular complexity index is 8.00. The van der Waals surface area contributed by atoms with Crippen LogP contribution in [0.3, 0.4) is 0 Å². The molecule has 0 amide bonds. The van der Waals surface area contributed by atoms with E-state index in [9.17, 15) is 0 Å². The number of hydrogen-bond acceptors (Lipinski definition) is 1. The molecule has 0 aromatic rings. The quantitative estimate of drug-likeness (QED) is 0.364. The zero-order chi connectivity index (χ0) is 0. The molecule has 0 rings (SSSR count). The SMILES string of the molecule is N.O.[Cr].[SiH4]. The Morgan fingerprint density at radius 3 is 1.00 bits per heavy atom. The van der Waals surface area contributed by atoms with Crippen LogP contribution in [0.1, 0.15) is 0 Å². The van der Waals surface area contributed by atoms with Crippen molar-refractivity contribution in [3.8, 4) is 0 Å². The van der Waals surface area contributed by atoms with Gasteiger partial charge in [0.05, 0.1) is 0 Å². The zero-order valence-electron chi connectivity index (χ0n) is 1.62. The molecule has 4 heavy (non-hydrogen) atoms. The van der Waals surface area contributed by atoms with E-state index in [2.05, 4.69) is 0 Å². The Morgan fingerprint density at radius 2 is 1.00 bits per heavy atom. The fourth-order valence-corrected chi connectivity index (χ4v) is 0. The molecule has 0 aromatic carbocycles. The van der Waals surface area contributed by atoms with Gasteiger partial charge >= 0.3 is 0 Å². The molecule has 0 saturated carbocycles. The summed E-state index contributed by atoms with van der Waals surface area (Å²) in [4.78, 5) is 0. The predicted molar refractivity (Wildman–Crippen MR) is 20.0 cm³/mol. The fourth-order valence-electron chi connectivity index (χ4n) is 0. The Hall–Kier alpha value is 0.669. The van der Waals surface area contributed by atoms with Crippen LogP contribution in [0.2, 0.25) is 0 Å². The summed E-state index contributed by atoms with van der Waals surface area (Å²) in [6.07, 6.45) is 0. The second-order valence-electron chi connectivity index (χ2n) is 0. The zero-order valence-corrected chi connectivity index (χ0v) is 2.89. The average molecular weight is 119 g/mol. The van der Waals surface area contributed by atoms with Crippen molar-refractivity contribution in [1.82, 2.24) is 6.15 Å². The van der Waals surface area contributed by atoms with Gasteiger partial charge in [0, 0.05) is 17.4 Å². The molecule has 0 spiro atoms. The van der Waals surface area contributed by atoms with Crippen molar-refractivity contribution in [1.29, 1.82) is 0 Å². The molecule has 5 N–H and O–H groups in total. The van der Waals surface area contributed by atoms with E-state index in [0.717, 1.165) is 0 Å². The van der Waals surface area contributed by atoms with Crippen molar-refractivity contribution >= 4 is 11.0 Å². The third-order valence-corrected chi connectivity index (χ3v) is 0.